The number of methoxy groups -OCH3 is 1. The van der Waals surface area contributed by atoms with Gasteiger partial charge in [-0.05, 0) is 83.1 Å². The Balaban J connectivity index is 0. The zero-order valence-electron chi connectivity index (χ0n) is 39.2. The van der Waals surface area contributed by atoms with Crippen molar-refractivity contribution < 1.29 is 81.7 Å². The molecule has 0 aliphatic heterocycles. The van der Waals surface area contributed by atoms with E-state index in [-0.39, 0.29) is 93.1 Å². The number of aliphatic hydroxyl groups excluding tert-OH is 2. The molecule has 0 bridgehead atoms. The van der Waals surface area contributed by atoms with Crippen molar-refractivity contribution in [3.8, 4) is 0 Å². The van der Waals surface area contributed by atoms with E-state index in [1.807, 2.05) is 83.1 Å². The Hall–Kier alpha value is -1.39. The minimum atomic E-state index is -0.981. The molecular formula is C43H86O17. The first kappa shape index (κ1) is 60.7. The van der Waals surface area contributed by atoms with Crippen LogP contribution in [0.4, 0.5) is 0 Å². The Morgan fingerprint density at radius 2 is 0.567 bits per heavy atom. The van der Waals surface area contributed by atoms with Crippen molar-refractivity contribution in [3.05, 3.63) is 12.7 Å². The smallest absolute Gasteiger partial charge is 0.327 e. The van der Waals surface area contributed by atoms with Gasteiger partial charge >= 0.3 is 5.97 Å². The maximum atomic E-state index is 9.69. The van der Waals surface area contributed by atoms with Gasteiger partial charge in [0.15, 0.2) is 0 Å². The first-order valence-electron chi connectivity index (χ1n) is 21.3. The van der Waals surface area contributed by atoms with E-state index in [9.17, 15) is 9.90 Å². The number of carboxylic acid groups (broad SMARTS) is 1. The number of carbonyl (C=O) groups is 1. The van der Waals surface area contributed by atoms with Crippen LogP contribution in [0, 0.1) is 0 Å². The van der Waals surface area contributed by atoms with Crippen LogP contribution in [0.1, 0.15) is 83.1 Å². The second-order valence-electron chi connectivity index (χ2n) is 15.6. The third-order valence-corrected chi connectivity index (χ3v) is 8.13. The second kappa shape index (κ2) is 39.2. The monoisotopic (exact) mass is 875 g/mol. The lowest BCUT2D eigenvalue weighted by atomic mass is 10.3. The van der Waals surface area contributed by atoms with Gasteiger partial charge in [-0.15, -0.1) is 0 Å². The Bertz CT molecular complexity index is 980. The van der Waals surface area contributed by atoms with Gasteiger partial charge in [0.1, 0.15) is 6.10 Å². The lowest BCUT2D eigenvalue weighted by Gasteiger charge is -2.23. The molecule has 0 spiro atoms. The highest BCUT2D eigenvalue weighted by atomic mass is 16.6. The van der Waals surface area contributed by atoms with E-state index in [2.05, 4.69) is 6.58 Å². The summed E-state index contributed by atoms with van der Waals surface area (Å²) in [5.41, 5.74) is 0. The summed E-state index contributed by atoms with van der Waals surface area (Å²) in [6, 6.07) is 0. The minimum absolute atomic E-state index is 0.00889. The van der Waals surface area contributed by atoms with Crippen molar-refractivity contribution >= 4 is 5.97 Å². The molecule has 0 aromatic rings. The van der Waals surface area contributed by atoms with Gasteiger partial charge in [-0.1, -0.05) is 6.58 Å². The molecule has 0 aliphatic rings. The van der Waals surface area contributed by atoms with Crippen LogP contribution in [0.15, 0.2) is 12.7 Å². The van der Waals surface area contributed by atoms with Crippen molar-refractivity contribution in [1.82, 2.24) is 0 Å². The summed E-state index contributed by atoms with van der Waals surface area (Å²) in [6.07, 6.45) is -1.12. The number of hydrogen-bond donors (Lipinski definition) is 3. The molecule has 0 aromatic heterocycles. The summed E-state index contributed by atoms with van der Waals surface area (Å²) in [4.78, 5) is 9.25. The molecular weight excluding hydrogens is 788 g/mol. The summed E-state index contributed by atoms with van der Waals surface area (Å²) < 4.78 is 74.9. The number of hydrogen-bond acceptors (Lipinski definition) is 16. The molecule has 13 unspecified atom stereocenters. The Morgan fingerprint density at radius 1 is 0.400 bits per heavy atom. The molecule has 0 saturated carbocycles. The van der Waals surface area contributed by atoms with Gasteiger partial charge in [0, 0.05) is 13.2 Å². The zero-order chi connectivity index (χ0) is 45.9. The summed E-state index contributed by atoms with van der Waals surface area (Å²) >= 11 is 0. The number of carboxylic acids is 1. The van der Waals surface area contributed by atoms with Gasteiger partial charge in [-0.2, -0.15) is 0 Å². The minimum Gasteiger partial charge on any atom is -0.478 e. The van der Waals surface area contributed by atoms with E-state index < -0.39 is 12.1 Å². The van der Waals surface area contributed by atoms with Crippen LogP contribution < -0.4 is 0 Å². The van der Waals surface area contributed by atoms with E-state index in [4.69, 9.17) is 71.8 Å². The normalized spacial score (nSPS) is 18.4. The zero-order valence-corrected chi connectivity index (χ0v) is 39.2. The predicted octanol–water partition coefficient (Wildman–Crippen LogP) is 4.10. The molecule has 360 valence electrons. The van der Waals surface area contributed by atoms with Gasteiger partial charge in [0.25, 0.3) is 0 Å². The third-order valence-electron chi connectivity index (χ3n) is 8.13. The molecule has 0 radical (unpaired) electrons. The highest BCUT2D eigenvalue weighted by Crippen LogP contribution is 2.07. The van der Waals surface area contributed by atoms with Crippen molar-refractivity contribution in [3.63, 3.8) is 0 Å². The Kier molecular flexibility index (Phi) is 39.7. The average molecular weight is 875 g/mol. The van der Waals surface area contributed by atoms with Crippen molar-refractivity contribution in [2.24, 2.45) is 0 Å². The van der Waals surface area contributed by atoms with Crippen LogP contribution in [0.2, 0.25) is 0 Å². The molecule has 0 saturated heterocycles. The van der Waals surface area contributed by atoms with Crippen LogP contribution in [0.5, 0.6) is 0 Å². The van der Waals surface area contributed by atoms with Gasteiger partial charge in [-0.3, -0.25) is 0 Å². The maximum absolute atomic E-state index is 9.69. The van der Waals surface area contributed by atoms with Crippen molar-refractivity contribution in [2.45, 2.75) is 162 Å². The third kappa shape index (κ3) is 40.7. The molecule has 17 heteroatoms. The Morgan fingerprint density at radius 3 is 0.717 bits per heavy atom. The summed E-state index contributed by atoms with van der Waals surface area (Å²) in [5.74, 6) is -0.981. The first-order valence-corrected chi connectivity index (χ1v) is 21.3. The van der Waals surface area contributed by atoms with Gasteiger partial charge in [0.05, 0.1) is 166 Å². The molecule has 0 aromatic carbocycles. The van der Waals surface area contributed by atoms with Crippen LogP contribution >= 0.6 is 0 Å². The molecule has 0 aliphatic carbocycles. The van der Waals surface area contributed by atoms with Gasteiger partial charge in [0.2, 0.25) is 0 Å². The fourth-order valence-corrected chi connectivity index (χ4v) is 4.40. The van der Waals surface area contributed by atoms with Gasteiger partial charge < -0.3 is 76.9 Å². The second-order valence-corrected chi connectivity index (χ2v) is 15.6. The van der Waals surface area contributed by atoms with E-state index in [1.54, 1.807) is 7.11 Å². The lowest BCUT2D eigenvalue weighted by molar-refractivity contribution is -0.131. The van der Waals surface area contributed by atoms with E-state index in [0.717, 1.165) is 6.08 Å². The number of aliphatic hydroxyl groups is 2. The maximum Gasteiger partial charge on any atom is 0.327 e. The number of aliphatic carboxylic acids is 1. The quantitative estimate of drug-likeness (QED) is 0.0744. The number of ether oxygens (including phenoxy) is 13. The fraction of sp³-hybridized carbons (Fsp3) is 0.930. The van der Waals surface area contributed by atoms with E-state index >= 15 is 0 Å². The van der Waals surface area contributed by atoms with Crippen LogP contribution in [-0.2, 0) is 66.4 Å². The van der Waals surface area contributed by atoms with Crippen LogP contribution in [0.3, 0.4) is 0 Å². The van der Waals surface area contributed by atoms with E-state index in [0.29, 0.717) is 72.7 Å². The molecule has 0 rings (SSSR count). The van der Waals surface area contributed by atoms with Crippen molar-refractivity contribution in [1.29, 1.82) is 0 Å². The molecule has 17 nitrogen and oxygen atoms in total. The largest absolute Gasteiger partial charge is 0.478 e. The molecule has 0 fully saturated rings. The molecule has 0 amide bonds. The lowest BCUT2D eigenvalue weighted by Crippen LogP contribution is -2.31. The molecule has 3 N–H and O–H groups in total. The topological polar surface area (TPSA) is 198 Å². The van der Waals surface area contributed by atoms with E-state index in [1.165, 1.54) is 0 Å². The summed E-state index contributed by atoms with van der Waals surface area (Å²) in [6.45, 7) is 31.6. The molecule has 13 atom stereocenters. The molecule has 0 heterocycles. The summed E-state index contributed by atoms with van der Waals surface area (Å²) in [7, 11) is 1.54. The molecule has 60 heavy (non-hydrogen) atoms. The fourth-order valence-electron chi connectivity index (χ4n) is 4.40. The first-order chi connectivity index (χ1) is 28.3. The summed E-state index contributed by atoms with van der Waals surface area (Å²) in [5, 5.41) is 26.3. The Labute approximate surface area is 361 Å². The average Bonchev–Trinajstić information content (AvgIpc) is 3.22. The predicted molar refractivity (Wildman–Crippen MR) is 228 cm³/mol. The van der Waals surface area contributed by atoms with Gasteiger partial charge in [-0.25, -0.2) is 4.79 Å². The highest BCUT2D eigenvalue weighted by Gasteiger charge is 2.17. The SMILES string of the molecule is C=CC(=O)O.COCC(O)COC(C)COC(C)COC(C)COC(C)COC(C)COC(C)COC(C)COC(C)COC(C)COC(C)COC(C)COC(C)CO. The van der Waals surface area contributed by atoms with Crippen LogP contribution in [0.25, 0.3) is 0 Å². The van der Waals surface area contributed by atoms with Crippen LogP contribution in [-0.4, -0.2) is 200 Å². The standard InChI is InChI=1S/C40H82O15.C3H4O2/c1-28(14-41)44-15-29(2)45-16-30(3)46-17-31(4)47-18-32(5)48-19-33(6)49-20-34(7)50-21-35(8)51-22-36(9)52-23-37(10)53-24-38(11)54-25-39(12)55-27-40(42)26-43-13;1-2-3(4)5/h28-42H,14-27H2,1-13H3;2H,1H2,(H,4,5). The van der Waals surface area contributed by atoms with Crippen molar-refractivity contribution in [2.75, 3.05) is 99.6 Å². The highest BCUT2D eigenvalue weighted by molar-refractivity contribution is 5.78. The number of rotatable bonds is 40.